The van der Waals surface area contributed by atoms with E-state index in [-0.39, 0.29) is 5.82 Å². The van der Waals surface area contributed by atoms with E-state index >= 15 is 0 Å². The van der Waals surface area contributed by atoms with Gasteiger partial charge in [-0.1, -0.05) is 48.0 Å². The van der Waals surface area contributed by atoms with Crippen molar-refractivity contribution in [1.29, 1.82) is 0 Å². The molecule has 6 rings (SSSR count). The number of para-hydroxylation sites is 1. The number of hydrogen-bond acceptors (Lipinski definition) is 4. The van der Waals surface area contributed by atoms with Gasteiger partial charge in [0.1, 0.15) is 11.6 Å². The molecule has 5 nitrogen and oxygen atoms in total. The van der Waals surface area contributed by atoms with Crippen LogP contribution in [0.4, 0.5) is 10.1 Å². The fourth-order valence-corrected chi connectivity index (χ4v) is 4.17. The Bertz CT molecular complexity index is 1450. The molecule has 1 aromatic heterocycles. The van der Waals surface area contributed by atoms with Crippen molar-refractivity contribution < 1.29 is 4.39 Å². The van der Waals surface area contributed by atoms with Gasteiger partial charge in [-0.15, -0.1) is 0 Å². The van der Waals surface area contributed by atoms with Crippen molar-refractivity contribution in [3.05, 3.63) is 118 Å². The molecule has 0 saturated carbocycles. The number of rotatable bonds is 1. The van der Waals surface area contributed by atoms with Crippen molar-refractivity contribution >= 4 is 35.3 Å². The van der Waals surface area contributed by atoms with Crippen molar-refractivity contribution in [2.45, 2.75) is 13.5 Å². The molecule has 0 radical (unpaired) electrons. The molecule has 0 amide bonds. The number of imidazole rings is 1. The molecule has 1 N–H and O–H groups in total. The fraction of sp³-hybridized carbons (Fsp3) is 0.0741. The second-order valence-corrected chi connectivity index (χ2v) is 8.21. The molecule has 0 aliphatic carbocycles. The van der Waals surface area contributed by atoms with E-state index in [1.807, 2.05) is 78.4 Å². The quantitative estimate of drug-likeness (QED) is 0.349. The van der Waals surface area contributed by atoms with Gasteiger partial charge in [0, 0.05) is 22.4 Å². The van der Waals surface area contributed by atoms with Crippen LogP contribution in [-0.2, 0) is 6.54 Å². The highest BCUT2D eigenvalue weighted by Gasteiger charge is 2.22. The van der Waals surface area contributed by atoms with Crippen LogP contribution < -0.4 is 5.43 Å². The van der Waals surface area contributed by atoms with Crippen LogP contribution in [0.3, 0.4) is 0 Å². The summed E-state index contributed by atoms with van der Waals surface area (Å²) >= 11 is 6.19. The molecule has 0 bridgehead atoms. The van der Waals surface area contributed by atoms with Crippen LogP contribution in [0.5, 0.6) is 0 Å². The van der Waals surface area contributed by atoms with Gasteiger partial charge in [-0.3, -0.25) is 15.0 Å². The average Bonchev–Trinajstić information content (AvgIpc) is 3.01. The minimum absolute atomic E-state index is 0.293. The molecule has 4 aromatic rings. The van der Waals surface area contributed by atoms with E-state index < -0.39 is 0 Å². The number of aryl methyl sites for hydroxylation is 1. The van der Waals surface area contributed by atoms with Crippen LogP contribution in [0.2, 0.25) is 5.02 Å². The second kappa shape index (κ2) is 9.45. The molecule has 2 aliphatic rings. The molecule has 0 unspecified atom stereocenters. The Labute approximate surface area is 202 Å². The Morgan fingerprint density at radius 3 is 2.71 bits per heavy atom. The van der Waals surface area contributed by atoms with Gasteiger partial charge < -0.3 is 0 Å². The molecule has 34 heavy (non-hydrogen) atoms. The number of benzene rings is 3. The molecule has 3 heterocycles. The highest BCUT2D eigenvalue weighted by Crippen LogP contribution is 2.29. The Morgan fingerprint density at radius 2 is 1.82 bits per heavy atom. The summed E-state index contributed by atoms with van der Waals surface area (Å²) in [5.41, 5.74) is 8.94. The standard InChI is InChI=1S/C18H13ClFN3.C9H8N2/c1-11-21-9-13-10-22-18(14-4-2-3-5-16(14)20)15-8-12(19)6-7-17(15)23(11)13;1-2-6-9-8(4-1)5-3-7-10-11-9/h2-9H,10H2,1H3;1-7,11H. The summed E-state index contributed by atoms with van der Waals surface area (Å²) in [4.78, 5) is 9.01. The number of fused-ring (bicyclic) bond motifs is 4. The first-order chi connectivity index (χ1) is 16.6. The molecule has 0 saturated heterocycles. The number of nitrogens with one attached hydrogen (secondary N) is 1. The van der Waals surface area contributed by atoms with Gasteiger partial charge in [0.05, 0.1) is 35.5 Å². The summed E-state index contributed by atoms with van der Waals surface area (Å²) in [5.74, 6) is 0.576. The first kappa shape index (κ1) is 21.8. The number of aromatic nitrogens is 2. The lowest BCUT2D eigenvalue weighted by Crippen LogP contribution is -2.09. The predicted molar refractivity (Wildman–Crippen MR) is 137 cm³/mol. The van der Waals surface area contributed by atoms with Gasteiger partial charge in [-0.2, -0.15) is 5.10 Å². The zero-order valence-electron chi connectivity index (χ0n) is 18.4. The molecule has 168 valence electrons. The SMILES string of the molecule is C1=Cc2ccccc2NN=C1.Cc1ncc2n1-c1ccc(Cl)cc1C(c1ccccc1F)=NC2. The van der Waals surface area contributed by atoms with Crippen molar-refractivity contribution in [3.63, 3.8) is 0 Å². The number of anilines is 1. The van der Waals surface area contributed by atoms with Gasteiger partial charge in [-0.05, 0) is 55.0 Å². The summed E-state index contributed by atoms with van der Waals surface area (Å²) in [6, 6.07) is 20.3. The van der Waals surface area contributed by atoms with Crippen LogP contribution in [0.1, 0.15) is 28.2 Å². The summed E-state index contributed by atoms with van der Waals surface area (Å²) in [5, 5.41) is 4.54. The van der Waals surface area contributed by atoms with Crippen molar-refractivity contribution in [2.75, 3.05) is 5.43 Å². The van der Waals surface area contributed by atoms with Gasteiger partial charge in [0.25, 0.3) is 0 Å². The molecule has 0 fully saturated rings. The first-order valence-electron chi connectivity index (χ1n) is 10.8. The van der Waals surface area contributed by atoms with E-state index in [1.54, 1.807) is 18.3 Å². The summed E-state index contributed by atoms with van der Waals surface area (Å²) in [6.07, 6.45) is 7.49. The Morgan fingerprint density at radius 1 is 1.00 bits per heavy atom. The van der Waals surface area contributed by atoms with E-state index in [2.05, 4.69) is 20.5 Å². The Kier molecular flexibility index (Phi) is 6.06. The summed E-state index contributed by atoms with van der Waals surface area (Å²) < 4.78 is 16.3. The smallest absolute Gasteiger partial charge is 0.132 e. The van der Waals surface area contributed by atoms with Gasteiger partial charge in [0.2, 0.25) is 0 Å². The van der Waals surface area contributed by atoms with Gasteiger partial charge in [0.15, 0.2) is 0 Å². The van der Waals surface area contributed by atoms with Crippen LogP contribution in [0.15, 0.2) is 89.1 Å². The maximum atomic E-state index is 14.3. The Hall–Kier alpha value is -4.03. The topological polar surface area (TPSA) is 54.6 Å². The number of nitrogens with zero attached hydrogens (tertiary/aromatic N) is 4. The molecule has 0 spiro atoms. The second-order valence-electron chi connectivity index (χ2n) is 7.77. The number of allylic oxidation sites excluding steroid dienone is 1. The normalized spacial score (nSPS) is 13.2. The van der Waals surface area contributed by atoms with Crippen LogP contribution >= 0.6 is 11.6 Å². The van der Waals surface area contributed by atoms with E-state index in [0.717, 1.165) is 28.5 Å². The monoisotopic (exact) mass is 469 g/mol. The number of halogens is 2. The third-order valence-electron chi connectivity index (χ3n) is 5.58. The van der Waals surface area contributed by atoms with Gasteiger partial charge in [-0.25, -0.2) is 9.37 Å². The van der Waals surface area contributed by atoms with E-state index in [9.17, 15) is 4.39 Å². The van der Waals surface area contributed by atoms with E-state index in [1.165, 1.54) is 11.6 Å². The van der Waals surface area contributed by atoms with Crippen molar-refractivity contribution in [3.8, 4) is 5.69 Å². The maximum absolute atomic E-state index is 14.3. The third-order valence-corrected chi connectivity index (χ3v) is 5.81. The third kappa shape index (κ3) is 4.28. The minimum Gasteiger partial charge on any atom is -0.298 e. The van der Waals surface area contributed by atoms with Crippen LogP contribution in [-0.4, -0.2) is 21.5 Å². The van der Waals surface area contributed by atoms with Crippen LogP contribution in [0.25, 0.3) is 11.8 Å². The highest BCUT2D eigenvalue weighted by molar-refractivity contribution is 6.31. The van der Waals surface area contributed by atoms with E-state index in [4.69, 9.17) is 11.6 Å². The molecular formula is C27H21ClFN5. The van der Waals surface area contributed by atoms with Crippen LogP contribution in [0, 0.1) is 12.7 Å². The summed E-state index contributed by atoms with van der Waals surface area (Å²) in [6.45, 7) is 2.38. The summed E-state index contributed by atoms with van der Waals surface area (Å²) in [7, 11) is 0. The van der Waals surface area contributed by atoms with Crippen molar-refractivity contribution in [2.24, 2.45) is 10.1 Å². The number of hydrazone groups is 1. The zero-order valence-corrected chi connectivity index (χ0v) is 19.2. The van der Waals surface area contributed by atoms with Crippen molar-refractivity contribution in [1.82, 2.24) is 9.55 Å². The highest BCUT2D eigenvalue weighted by atomic mass is 35.5. The maximum Gasteiger partial charge on any atom is 0.132 e. The first-order valence-corrected chi connectivity index (χ1v) is 11.2. The molecular weight excluding hydrogens is 449 g/mol. The zero-order chi connectivity index (χ0) is 23.5. The fourth-order valence-electron chi connectivity index (χ4n) is 3.99. The minimum atomic E-state index is -0.293. The largest absolute Gasteiger partial charge is 0.298 e. The molecule has 3 aromatic carbocycles. The molecule has 7 heteroatoms. The van der Waals surface area contributed by atoms with Gasteiger partial charge >= 0.3 is 0 Å². The molecule has 2 aliphatic heterocycles. The predicted octanol–water partition coefficient (Wildman–Crippen LogP) is 6.44. The van der Waals surface area contributed by atoms with E-state index in [0.29, 0.717) is 22.8 Å². The lowest BCUT2D eigenvalue weighted by Gasteiger charge is -2.14. The lowest BCUT2D eigenvalue weighted by atomic mass is 10.00. The lowest BCUT2D eigenvalue weighted by molar-refractivity contribution is 0.625. The average molecular weight is 470 g/mol. The molecule has 0 atom stereocenters. The Balaban J connectivity index is 0.000000183. The number of aliphatic imine (C=N–C) groups is 1. The number of hydrogen-bond donors (Lipinski definition) is 1.